The minimum absolute atomic E-state index is 0.0291. The molecular formula is C18H21N3O5. The summed E-state index contributed by atoms with van der Waals surface area (Å²) in [6.07, 6.45) is 1.50. The van der Waals surface area contributed by atoms with Gasteiger partial charge in [0.1, 0.15) is 5.56 Å². The average molecular weight is 359 g/mol. The zero-order valence-electron chi connectivity index (χ0n) is 14.9. The molecule has 0 saturated heterocycles. The van der Waals surface area contributed by atoms with Crippen LogP contribution in [0.2, 0.25) is 0 Å². The lowest BCUT2D eigenvalue weighted by molar-refractivity contribution is 0.0896. The molecule has 0 atom stereocenters. The first-order chi connectivity index (χ1) is 12.4. The van der Waals surface area contributed by atoms with Gasteiger partial charge in [0.2, 0.25) is 5.88 Å². The van der Waals surface area contributed by atoms with E-state index in [1.807, 2.05) is 6.92 Å². The van der Waals surface area contributed by atoms with Gasteiger partial charge >= 0.3 is 5.69 Å². The normalized spacial score (nSPS) is 11.2. The lowest BCUT2D eigenvalue weighted by Gasteiger charge is -2.07. The van der Waals surface area contributed by atoms with Crippen LogP contribution in [-0.4, -0.2) is 39.5 Å². The number of aromatic hydroxyl groups is 1. The number of hydrogen-bond acceptors (Lipinski definition) is 6. The van der Waals surface area contributed by atoms with E-state index in [-0.39, 0.29) is 11.3 Å². The van der Waals surface area contributed by atoms with Gasteiger partial charge in [0, 0.05) is 38.9 Å². The summed E-state index contributed by atoms with van der Waals surface area (Å²) in [5.41, 5.74) is -0.311. The van der Waals surface area contributed by atoms with Crippen molar-refractivity contribution in [3.8, 4) is 5.88 Å². The third-order valence-electron chi connectivity index (χ3n) is 3.88. The summed E-state index contributed by atoms with van der Waals surface area (Å²) in [5, 5.41) is 9.98. The maximum Gasteiger partial charge on any atom is 0.333 e. The Kier molecular flexibility index (Phi) is 6.24. The first-order valence-electron chi connectivity index (χ1n) is 8.10. The maximum atomic E-state index is 12.1. The van der Waals surface area contributed by atoms with Crippen LogP contribution in [0, 0.1) is 0 Å². The van der Waals surface area contributed by atoms with E-state index < -0.39 is 17.1 Å². The number of nitrogens with zero attached hydrogens (tertiary/aromatic N) is 3. The van der Waals surface area contributed by atoms with Gasteiger partial charge in [-0.1, -0.05) is 0 Å². The molecular weight excluding hydrogens is 338 g/mol. The largest absolute Gasteiger partial charge is 0.494 e. The Hall–Kier alpha value is -3.00. The second-order valence-corrected chi connectivity index (χ2v) is 5.62. The monoisotopic (exact) mass is 359 g/mol. The van der Waals surface area contributed by atoms with Crippen molar-refractivity contribution in [1.82, 2.24) is 9.13 Å². The molecule has 0 bridgehead atoms. The molecule has 26 heavy (non-hydrogen) atoms. The fraction of sp³-hybridized carbons (Fsp3) is 0.333. The van der Waals surface area contributed by atoms with Gasteiger partial charge in [-0.05, 0) is 31.2 Å². The molecule has 0 spiro atoms. The molecule has 0 saturated carbocycles. The van der Waals surface area contributed by atoms with Crippen LogP contribution in [0.5, 0.6) is 5.88 Å². The van der Waals surface area contributed by atoms with Crippen LogP contribution < -0.4 is 11.2 Å². The summed E-state index contributed by atoms with van der Waals surface area (Å²) in [5.74, 6) is -0.483. The number of Topliss-reactive ketones (excluding diaryl/α,β-unsaturated/α-hetero) is 1. The van der Waals surface area contributed by atoms with Crippen LogP contribution in [0.15, 0.2) is 38.8 Å². The van der Waals surface area contributed by atoms with Crippen molar-refractivity contribution in [3.05, 3.63) is 56.2 Å². The Morgan fingerprint density at radius 1 is 1.19 bits per heavy atom. The Bertz CT molecular complexity index is 939. The van der Waals surface area contributed by atoms with Crippen LogP contribution in [-0.2, 0) is 18.8 Å². The number of ether oxygens (including phenoxy) is 1. The number of aromatic nitrogens is 2. The summed E-state index contributed by atoms with van der Waals surface area (Å²) in [6, 6.07) is 6.54. The van der Waals surface area contributed by atoms with Gasteiger partial charge in [0.25, 0.3) is 5.56 Å². The van der Waals surface area contributed by atoms with Crippen molar-refractivity contribution in [2.45, 2.75) is 13.3 Å². The predicted molar refractivity (Wildman–Crippen MR) is 97.7 cm³/mol. The average Bonchev–Trinajstić information content (AvgIpc) is 2.65. The summed E-state index contributed by atoms with van der Waals surface area (Å²) < 4.78 is 7.01. The van der Waals surface area contributed by atoms with Gasteiger partial charge in [0.15, 0.2) is 5.78 Å². The molecule has 1 aromatic heterocycles. The molecule has 0 radical (unpaired) electrons. The van der Waals surface area contributed by atoms with Crippen molar-refractivity contribution in [2.24, 2.45) is 19.1 Å². The smallest absolute Gasteiger partial charge is 0.333 e. The molecule has 0 fully saturated rings. The molecule has 0 aliphatic carbocycles. The number of carbonyl (C=O) groups excluding carboxylic acids is 1. The number of carbonyl (C=O) groups is 1. The lowest BCUT2D eigenvalue weighted by atomic mass is 10.1. The van der Waals surface area contributed by atoms with E-state index in [0.29, 0.717) is 30.9 Å². The van der Waals surface area contributed by atoms with Crippen molar-refractivity contribution in [3.63, 3.8) is 0 Å². The van der Waals surface area contributed by atoms with Crippen LogP contribution in [0.1, 0.15) is 29.3 Å². The van der Waals surface area contributed by atoms with Crippen LogP contribution in [0.25, 0.3) is 0 Å². The van der Waals surface area contributed by atoms with Gasteiger partial charge in [-0.3, -0.25) is 23.7 Å². The van der Waals surface area contributed by atoms with E-state index in [2.05, 4.69) is 4.99 Å². The number of aliphatic imine (C=N–C) groups is 1. The molecule has 8 nitrogen and oxygen atoms in total. The molecule has 0 amide bonds. The molecule has 0 aliphatic rings. The third-order valence-corrected chi connectivity index (χ3v) is 3.88. The fourth-order valence-corrected chi connectivity index (χ4v) is 2.30. The van der Waals surface area contributed by atoms with Gasteiger partial charge in [-0.15, -0.1) is 0 Å². The van der Waals surface area contributed by atoms with Crippen molar-refractivity contribution < 1.29 is 14.6 Å². The summed E-state index contributed by atoms with van der Waals surface area (Å²) in [7, 11) is 2.68. The van der Waals surface area contributed by atoms with E-state index in [4.69, 9.17) is 4.74 Å². The summed E-state index contributed by atoms with van der Waals surface area (Å²) in [4.78, 5) is 39.9. The Morgan fingerprint density at radius 2 is 1.85 bits per heavy atom. The van der Waals surface area contributed by atoms with Gasteiger partial charge in [0.05, 0.1) is 12.3 Å². The summed E-state index contributed by atoms with van der Waals surface area (Å²) >= 11 is 0. The molecule has 0 aliphatic heterocycles. The molecule has 1 N–H and O–H groups in total. The SMILES string of the molecule is CCOCCC(=O)c1ccc(N=Cc2c(O)n(C)c(=O)n(C)c2=O)cc1. The molecule has 1 heterocycles. The topological polar surface area (TPSA) is 103 Å². The predicted octanol–water partition coefficient (Wildman–Crippen LogP) is 1.15. The number of hydrogen-bond donors (Lipinski definition) is 1. The molecule has 0 unspecified atom stereocenters. The van der Waals surface area contributed by atoms with Gasteiger partial charge in [-0.2, -0.15) is 0 Å². The number of rotatable bonds is 7. The highest BCUT2D eigenvalue weighted by Gasteiger charge is 2.13. The van der Waals surface area contributed by atoms with Crippen molar-refractivity contribution >= 4 is 17.7 Å². The second kappa shape index (κ2) is 8.39. The number of ketones is 1. The van der Waals surface area contributed by atoms with Crippen LogP contribution in [0.3, 0.4) is 0 Å². The summed E-state index contributed by atoms with van der Waals surface area (Å²) in [6.45, 7) is 2.82. The van der Waals surface area contributed by atoms with E-state index in [9.17, 15) is 19.5 Å². The Balaban J connectivity index is 2.21. The van der Waals surface area contributed by atoms with Crippen molar-refractivity contribution in [2.75, 3.05) is 13.2 Å². The fourth-order valence-electron chi connectivity index (χ4n) is 2.30. The molecule has 2 aromatic rings. The minimum atomic E-state index is -0.642. The molecule has 1 aromatic carbocycles. The standard InChI is InChI=1S/C18H21N3O5/c1-4-26-10-9-15(22)12-5-7-13(8-6-12)19-11-14-16(23)20(2)18(25)21(3)17(14)24/h5-8,11,23H,4,9-10H2,1-3H3. The van der Waals surface area contributed by atoms with Gasteiger partial charge in [-0.25, -0.2) is 4.79 Å². The highest BCUT2D eigenvalue weighted by molar-refractivity contribution is 5.96. The highest BCUT2D eigenvalue weighted by Crippen LogP contribution is 2.15. The number of benzene rings is 1. The van der Waals surface area contributed by atoms with Crippen LogP contribution >= 0.6 is 0 Å². The second-order valence-electron chi connectivity index (χ2n) is 5.62. The third kappa shape index (κ3) is 4.15. The first-order valence-corrected chi connectivity index (χ1v) is 8.10. The zero-order chi connectivity index (χ0) is 19.3. The first kappa shape index (κ1) is 19.3. The quantitative estimate of drug-likeness (QED) is 0.454. The van der Waals surface area contributed by atoms with E-state index in [1.165, 1.54) is 20.3 Å². The van der Waals surface area contributed by atoms with Crippen molar-refractivity contribution in [1.29, 1.82) is 0 Å². The highest BCUT2D eigenvalue weighted by atomic mass is 16.5. The molecule has 138 valence electrons. The molecule has 2 rings (SSSR count). The van der Waals surface area contributed by atoms with E-state index in [1.54, 1.807) is 24.3 Å². The van der Waals surface area contributed by atoms with E-state index >= 15 is 0 Å². The lowest BCUT2D eigenvalue weighted by Crippen LogP contribution is -2.38. The molecule has 8 heteroatoms. The van der Waals surface area contributed by atoms with Gasteiger partial charge < -0.3 is 9.84 Å². The maximum absolute atomic E-state index is 12.1. The van der Waals surface area contributed by atoms with E-state index in [0.717, 1.165) is 9.13 Å². The zero-order valence-corrected chi connectivity index (χ0v) is 14.9. The Morgan fingerprint density at radius 3 is 2.46 bits per heavy atom. The Labute approximate surface area is 150 Å². The minimum Gasteiger partial charge on any atom is -0.494 e. The van der Waals surface area contributed by atoms with Crippen LogP contribution in [0.4, 0.5) is 5.69 Å².